The molecule has 1 aliphatic heterocycles. The minimum atomic E-state index is -0.321. The lowest BCUT2D eigenvalue weighted by Gasteiger charge is -2.32. The maximum absolute atomic E-state index is 11.3. The highest BCUT2D eigenvalue weighted by Crippen LogP contribution is 2.24. The minimum Gasteiger partial charge on any atom is -0.396 e. The van der Waals surface area contributed by atoms with Crippen LogP contribution >= 0.6 is 11.6 Å². The van der Waals surface area contributed by atoms with Gasteiger partial charge in [0.05, 0.1) is 6.33 Å². The Bertz CT molecular complexity index is 421. The largest absolute Gasteiger partial charge is 0.396 e. The molecular weight excluding hydrogens is 230 g/mol. The predicted molar refractivity (Wildman–Crippen MR) is 61.9 cm³/mol. The summed E-state index contributed by atoms with van der Waals surface area (Å²) in [6, 6.07) is 0. The Balaban J connectivity index is 2.23. The quantitative estimate of drug-likeness (QED) is 0.800. The number of aromatic amines is 1. The molecule has 1 atom stereocenters. The summed E-state index contributed by atoms with van der Waals surface area (Å²) >= 11 is 5.91. The molecule has 0 radical (unpaired) electrons. The topological polar surface area (TPSA) is 69.2 Å². The van der Waals surface area contributed by atoms with Crippen LogP contribution in [0.5, 0.6) is 0 Å². The molecular formula is C10H14ClN3O2. The van der Waals surface area contributed by atoms with Crippen LogP contribution in [0, 0.1) is 5.92 Å². The summed E-state index contributed by atoms with van der Waals surface area (Å²) in [4.78, 5) is 19.8. The average molecular weight is 244 g/mol. The number of aliphatic hydroxyl groups excluding tert-OH is 1. The number of nitrogens with one attached hydrogen (secondary N) is 1. The van der Waals surface area contributed by atoms with E-state index < -0.39 is 0 Å². The normalized spacial score (nSPS) is 21.1. The standard InChI is InChI=1S/C10H14ClN3O2/c11-8-9(12-6-13-10(8)16)14-3-1-2-7(4-14)5-15/h6-7,15H,1-5H2,(H,12,13,16). The van der Waals surface area contributed by atoms with Gasteiger partial charge in [0, 0.05) is 19.7 Å². The van der Waals surface area contributed by atoms with Gasteiger partial charge in [-0.3, -0.25) is 4.79 Å². The van der Waals surface area contributed by atoms with Gasteiger partial charge in [0.2, 0.25) is 0 Å². The van der Waals surface area contributed by atoms with E-state index in [1.54, 1.807) is 0 Å². The summed E-state index contributed by atoms with van der Waals surface area (Å²) in [5.74, 6) is 0.759. The van der Waals surface area contributed by atoms with E-state index in [1.807, 2.05) is 4.90 Å². The van der Waals surface area contributed by atoms with E-state index in [0.29, 0.717) is 12.4 Å². The third kappa shape index (κ3) is 2.20. The number of aliphatic hydroxyl groups is 1. The van der Waals surface area contributed by atoms with Crippen molar-refractivity contribution in [3.63, 3.8) is 0 Å². The molecule has 16 heavy (non-hydrogen) atoms. The van der Waals surface area contributed by atoms with E-state index in [1.165, 1.54) is 6.33 Å². The number of halogens is 1. The van der Waals surface area contributed by atoms with Gasteiger partial charge in [0.1, 0.15) is 5.02 Å². The number of anilines is 1. The Kier molecular flexibility index (Phi) is 3.46. The van der Waals surface area contributed by atoms with Crippen molar-refractivity contribution < 1.29 is 5.11 Å². The summed E-state index contributed by atoms with van der Waals surface area (Å²) in [6.07, 6.45) is 3.34. The zero-order valence-electron chi connectivity index (χ0n) is 8.82. The molecule has 2 N–H and O–H groups in total. The van der Waals surface area contributed by atoms with Crippen molar-refractivity contribution in [2.24, 2.45) is 5.92 Å². The first-order valence-electron chi connectivity index (χ1n) is 5.31. The molecule has 0 bridgehead atoms. The van der Waals surface area contributed by atoms with Gasteiger partial charge in [0.25, 0.3) is 5.56 Å². The van der Waals surface area contributed by atoms with Crippen LogP contribution in [-0.2, 0) is 0 Å². The monoisotopic (exact) mass is 243 g/mol. The van der Waals surface area contributed by atoms with Gasteiger partial charge in [-0.05, 0) is 18.8 Å². The maximum Gasteiger partial charge on any atom is 0.271 e. The van der Waals surface area contributed by atoms with E-state index in [9.17, 15) is 4.79 Å². The summed E-state index contributed by atoms with van der Waals surface area (Å²) < 4.78 is 0. The van der Waals surface area contributed by atoms with Crippen molar-refractivity contribution in [2.75, 3.05) is 24.6 Å². The number of aromatic nitrogens is 2. The number of hydrogen-bond donors (Lipinski definition) is 2. The zero-order valence-corrected chi connectivity index (χ0v) is 9.57. The molecule has 0 saturated carbocycles. The Morgan fingerprint density at radius 1 is 1.69 bits per heavy atom. The van der Waals surface area contributed by atoms with E-state index in [0.717, 1.165) is 19.4 Å². The molecule has 1 aliphatic rings. The molecule has 0 aliphatic carbocycles. The first kappa shape index (κ1) is 11.4. The summed E-state index contributed by atoms with van der Waals surface area (Å²) in [6.45, 7) is 1.69. The van der Waals surface area contributed by atoms with Crippen LogP contribution in [0.25, 0.3) is 0 Å². The Labute approximate surface area is 98.1 Å². The van der Waals surface area contributed by atoms with Crippen LogP contribution in [0.1, 0.15) is 12.8 Å². The van der Waals surface area contributed by atoms with Crippen LogP contribution in [-0.4, -0.2) is 34.8 Å². The fraction of sp³-hybridized carbons (Fsp3) is 0.600. The summed E-state index contributed by atoms with van der Waals surface area (Å²) in [5, 5.41) is 9.26. The van der Waals surface area contributed by atoms with Crippen molar-refractivity contribution in [3.05, 3.63) is 21.7 Å². The van der Waals surface area contributed by atoms with Gasteiger partial charge >= 0.3 is 0 Å². The summed E-state index contributed by atoms with van der Waals surface area (Å²) in [5.41, 5.74) is -0.321. The SMILES string of the molecule is O=c1[nH]cnc(N2CCCC(CO)C2)c1Cl. The van der Waals surface area contributed by atoms with Gasteiger partial charge < -0.3 is 15.0 Å². The van der Waals surface area contributed by atoms with Crippen molar-refractivity contribution in [1.29, 1.82) is 0 Å². The highest BCUT2D eigenvalue weighted by atomic mass is 35.5. The van der Waals surface area contributed by atoms with Crippen molar-refractivity contribution in [3.8, 4) is 0 Å². The van der Waals surface area contributed by atoms with Crippen LogP contribution < -0.4 is 10.5 Å². The third-order valence-corrected chi connectivity index (χ3v) is 3.20. The van der Waals surface area contributed by atoms with Crippen molar-refractivity contribution in [1.82, 2.24) is 9.97 Å². The molecule has 0 amide bonds. The smallest absolute Gasteiger partial charge is 0.271 e. The number of nitrogens with zero attached hydrogens (tertiary/aromatic N) is 2. The third-order valence-electron chi connectivity index (χ3n) is 2.85. The van der Waals surface area contributed by atoms with Gasteiger partial charge in [-0.15, -0.1) is 0 Å². The second-order valence-corrected chi connectivity index (χ2v) is 4.38. The molecule has 0 aromatic carbocycles. The molecule has 1 aromatic heterocycles. The summed E-state index contributed by atoms with van der Waals surface area (Å²) in [7, 11) is 0. The first-order valence-corrected chi connectivity index (χ1v) is 5.69. The minimum absolute atomic E-state index is 0.126. The molecule has 2 rings (SSSR count). The number of rotatable bonds is 2. The Morgan fingerprint density at radius 3 is 3.25 bits per heavy atom. The van der Waals surface area contributed by atoms with Gasteiger partial charge in [-0.2, -0.15) is 0 Å². The molecule has 88 valence electrons. The molecule has 1 saturated heterocycles. The van der Waals surface area contributed by atoms with Crippen molar-refractivity contribution in [2.45, 2.75) is 12.8 Å². The highest BCUT2D eigenvalue weighted by Gasteiger charge is 2.22. The van der Waals surface area contributed by atoms with Gasteiger partial charge in [-0.1, -0.05) is 11.6 Å². The Morgan fingerprint density at radius 2 is 2.50 bits per heavy atom. The van der Waals surface area contributed by atoms with E-state index >= 15 is 0 Å². The van der Waals surface area contributed by atoms with Crippen LogP contribution in [0.4, 0.5) is 5.82 Å². The maximum atomic E-state index is 11.3. The van der Waals surface area contributed by atoms with Crippen LogP contribution in [0.2, 0.25) is 5.02 Å². The molecule has 6 heteroatoms. The van der Waals surface area contributed by atoms with Gasteiger partial charge in [0.15, 0.2) is 5.82 Å². The van der Waals surface area contributed by atoms with Crippen LogP contribution in [0.3, 0.4) is 0 Å². The highest BCUT2D eigenvalue weighted by molar-refractivity contribution is 6.32. The number of hydrogen-bond acceptors (Lipinski definition) is 4. The fourth-order valence-corrected chi connectivity index (χ4v) is 2.22. The lowest BCUT2D eigenvalue weighted by atomic mass is 9.99. The molecule has 1 unspecified atom stereocenters. The number of piperidine rings is 1. The molecule has 2 heterocycles. The van der Waals surface area contributed by atoms with E-state index in [2.05, 4.69) is 9.97 Å². The number of H-pyrrole nitrogens is 1. The van der Waals surface area contributed by atoms with Crippen molar-refractivity contribution >= 4 is 17.4 Å². The van der Waals surface area contributed by atoms with Crippen LogP contribution in [0.15, 0.2) is 11.1 Å². The van der Waals surface area contributed by atoms with E-state index in [-0.39, 0.29) is 23.1 Å². The van der Waals surface area contributed by atoms with E-state index in [4.69, 9.17) is 16.7 Å². The Hall–Kier alpha value is -1.07. The van der Waals surface area contributed by atoms with Gasteiger partial charge in [-0.25, -0.2) is 4.98 Å². The molecule has 5 nitrogen and oxygen atoms in total. The molecule has 1 fully saturated rings. The first-order chi connectivity index (χ1) is 7.72. The zero-order chi connectivity index (χ0) is 11.5. The lowest BCUT2D eigenvalue weighted by molar-refractivity contribution is 0.208. The average Bonchev–Trinajstić information content (AvgIpc) is 2.33. The second-order valence-electron chi connectivity index (χ2n) is 4.01. The fourth-order valence-electron chi connectivity index (χ4n) is 2.00. The lowest BCUT2D eigenvalue weighted by Crippen LogP contribution is -2.38. The predicted octanol–water partition coefficient (Wildman–Crippen LogP) is 0.632. The molecule has 0 spiro atoms. The second kappa shape index (κ2) is 4.84. The molecule has 1 aromatic rings.